The van der Waals surface area contributed by atoms with Crippen LogP contribution < -0.4 is 14.2 Å². The summed E-state index contributed by atoms with van der Waals surface area (Å²) < 4.78 is 16.4. The largest absolute Gasteiger partial charge is 0.507 e. The number of hydrogen-bond donors (Lipinski definition) is 1. The van der Waals surface area contributed by atoms with Gasteiger partial charge in [0.15, 0.2) is 11.5 Å². The molecule has 0 radical (unpaired) electrons. The molecule has 1 atom stereocenters. The van der Waals surface area contributed by atoms with Crippen LogP contribution in [0.2, 0.25) is 10.0 Å². The molecule has 0 aliphatic carbocycles. The summed E-state index contributed by atoms with van der Waals surface area (Å²) in [5.74, 6) is -1.07. The number of unbranched alkanes of at least 4 members (excludes halogenated alkanes) is 1. The molecule has 1 N–H and O–H groups in total. The van der Waals surface area contributed by atoms with E-state index in [2.05, 4.69) is 0 Å². The van der Waals surface area contributed by atoms with Crippen molar-refractivity contribution < 1.29 is 28.9 Å². The van der Waals surface area contributed by atoms with Crippen LogP contribution in [0.1, 0.15) is 50.3 Å². The maximum absolute atomic E-state index is 13.3. The van der Waals surface area contributed by atoms with Gasteiger partial charge >= 0.3 is 0 Å². The summed E-state index contributed by atoms with van der Waals surface area (Å²) in [6.45, 7) is 4.88. The van der Waals surface area contributed by atoms with Crippen molar-refractivity contribution in [2.45, 2.75) is 39.2 Å². The number of carbonyl (C=O) groups excluding carboxylic acids is 2. The maximum Gasteiger partial charge on any atom is 0.295 e. The summed E-state index contributed by atoms with van der Waals surface area (Å²) >= 11 is 12.7. The van der Waals surface area contributed by atoms with Crippen molar-refractivity contribution in [2.24, 2.45) is 0 Å². The zero-order valence-corrected chi connectivity index (χ0v) is 21.7. The molecule has 1 saturated heterocycles. The van der Waals surface area contributed by atoms with Gasteiger partial charge < -0.3 is 24.2 Å². The topological polar surface area (TPSA) is 85.3 Å². The lowest BCUT2D eigenvalue weighted by atomic mass is 9.94. The van der Waals surface area contributed by atoms with Crippen molar-refractivity contribution in [2.75, 3.05) is 27.4 Å². The van der Waals surface area contributed by atoms with E-state index in [0.717, 1.165) is 12.8 Å². The minimum Gasteiger partial charge on any atom is -0.507 e. The Labute approximate surface area is 215 Å². The second-order valence-electron chi connectivity index (χ2n) is 8.05. The van der Waals surface area contributed by atoms with Crippen molar-refractivity contribution in [1.82, 2.24) is 4.90 Å². The van der Waals surface area contributed by atoms with Gasteiger partial charge in [0, 0.05) is 6.54 Å². The highest BCUT2D eigenvalue weighted by atomic mass is 35.5. The van der Waals surface area contributed by atoms with Crippen molar-refractivity contribution in [3.8, 4) is 17.2 Å². The van der Waals surface area contributed by atoms with Gasteiger partial charge in [-0.15, -0.1) is 0 Å². The van der Waals surface area contributed by atoms with Gasteiger partial charge in [0.25, 0.3) is 11.7 Å². The number of Topliss-reactive ketones (excluding diaryl/α,β-unsaturated/α-hetero) is 1. The number of benzene rings is 2. The number of likely N-dealkylation sites (tertiary alicyclic amines) is 1. The van der Waals surface area contributed by atoms with E-state index in [9.17, 15) is 14.7 Å². The fourth-order valence-electron chi connectivity index (χ4n) is 4.07. The Morgan fingerprint density at radius 3 is 2.40 bits per heavy atom. The predicted octanol–water partition coefficient (Wildman–Crippen LogP) is 6.02. The Morgan fingerprint density at radius 1 is 1.06 bits per heavy atom. The lowest BCUT2D eigenvalue weighted by Crippen LogP contribution is -2.30. The Bertz CT molecular complexity index is 1150. The third-order valence-electron chi connectivity index (χ3n) is 5.73. The molecule has 1 aliphatic rings. The third kappa shape index (κ3) is 5.21. The average molecular weight is 522 g/mol. The Balaban J connectivity index is 2.25. The normalized spacial score (nSPS) is 17.1. The van der Waals surface area contributed by atoms with Crippen LogP contribution in [0.15, 0.2) is 35.9 Å². The molecular formula is C26H29Cl2NO6. The Hall–Kier alpha value is -2.90. The van der Waals surface area contributed by atoms with E-state index in [1.165, 1.54) is 25.2 Å². The zero-order chi connectivity index (χ0) is 25.7. The van der Waals surface area contributed by atoms with E-state index in [-0.39, 0.29) is 32.7 Å². The molecule has 0 saturated carbocycles. The summed E-state index contributed by atoms with van der Waals surface area (Å²) in [5, 5.41) is 11.6. The van der Waals surface area contributed by atoms with Crippen LogP contribution in [0.4, 0.5) is 0 Å². The number of aliphatic hydroxyl groups is 1. The predicted molar refractivity (Wildman–Crippen MR) is 136 cm³/mol. The SMILES string of the molecule is CCCCN1C(=O)C(=O)/C(=C(/O)c2cc(Cl)c(OC)c(Cl)c2OC)C1c1cccc(OCCC)c1. The summed E-state index contributed by atoms with van der Waals surface area (Å²) in [6, 6.07) is 7.76. The molecule has 1 aliphatic heterocycles. The van der Waals surface area contributed by atoms with Crippen LogP contribution >= 0.6 is 23.2 Å². The molecule has 9 heteroatoms. The third-order valence-corrected chi connectivity index (χ3v) is 6.36. The van der Waals surface area contributed by atoms with Gasteiger partial charge in [0.1, 0.15) is 16.5 Å². The Kier molecular flexibility index (Phi) is 8.92. The lowest BCUT2D eigenvalue weighted by molar-refractivity contribution is -0.139. The summed E-state index contributed by atoms with van der Waals surface area (Å²) in [6.07, 6.45) is 2.35. The van der Waals surface area contributed by atoms with Crippen molar-refractivity contribution in [1.29, 1.82) is 0 Å². The molecule has 1 unspecified atom stereocenters. The molecule has 188 valence electrons. The van der Waals surface area contributed by atoms with Crippen molar-refractivity contribution >= 4 is 40.7 Å². The lowest BCUT2D eigenvalue weighted by Gasteiger charge is -2.26. The minimum absolute atomic E-state index is 0.0378. The maximum atomic E-state index is 13.3. The van der Waals surface area contributed by atoms with Gasteiger partial charge in [-0.05, 0) is 36.6 Å². The number of nitrogens with zero attached hydrogens (tertiary/aromatic N) is 1. The minimum atomic E-state index is -0.823. The van der Waals surface area contributed by atoms with E-state index in [0.29, 0.717) is 30.9 Å². The van der Waals surface area contributed by atoms with Crippen LogP contribution in [0, 0.1) is 0 Å². The van der Waals surface area contributed by atoms with Gasteiger partial charge in [-0.3, -0.25) is 9.59 Å². The van der Waals surface area contributed by atoms with Crippen LogP contribution in [-0.4, -0.2) is 49.1 Å². The molecule has 0 aromatic heterocycles. The number of ketones is 1. The van der Waals surface area contributed by atoms with Crippen LogP contribution in [0.25, 0.3) is 5.76 Å². The molecule has 7 nitrogen and oxygen atoms in total. The number of aliphatic hydroxyl groups excluding tert-OH is 1. The van der Waals surface area contributed by atoms with E-state index in [1.54, 1.807) is 18.2 Å². The standard InChI is InChI=1S/C26H29Cl2NO6/c1-5-7-11-29-21(15-9-8-10-16(13-15)35-12-6-2)19(23(31)26(29)32)22(30)17-14-18(27)25(34-4)20(28)24(17)33-3/h8-10,13-14,21,30H,5-7,11-12H2,1-4H3/b22-19+. The van der Waals surface area contributed by atoms with Crippen LogP contribution in [0.5, 0.6) is 17.2 Å². The molecule has 1 heterocycles. The number of amides is 1. The molecule has 2 aromatic carbocycles. The van der Waals surface area contributed by atoms with E-state index in [1.807, 2.05) is 19.9 Å². The van der Waals surface area contributed by atoms with Crippen molar-refractivity contribution in [3.05, 3.63) is 57.1 Å². The molecule has 2 aromatic rings. The zero-order valence-electron chi connectivity index (χ0n) is 20.2. The number of methoxy groups -OCH3 is 2. The van der Waals surface area contributed by atoms with Gasteiger partial charge in [-0.25, -0.2) is 0 Å². The number of rotatable bonds is 10. The quantitative estimate of drug-likeness (QED) is 0.233. The molecule has 3 rings (SSSR count). The van der Waals surface area contributed by atoms with E-state index in [4.69, 9.17) is 37.4 Å². The second-order valence-corrected chi connectivity index (χ2v) is 8.84. The van der Waals surface area contributed by atoms with E-state index < -0.39 is 23.5 Å². The number of carbonyl (C=O) groups is 2. The smallest absolute Gasteiger partial charge is 0.295 e. The monoisotopic (exact) mass is 521 g/mol. The molecule has 0 spiro atoms. The Morgan fingerprint density at radius 2 is 1.77 bits per heavy atom. The van der Waals surface area contributed by atoms with Gasteiger partial charge in [0.2, 0.25) is 0 Å². The van der Waals surface area contributed by atoms with Crippen LogP contribution in [0.3, 0.4) is 0 Å². The fraction of sp³-hybridized carbons (Fsp3) is 0.385. The summed E-state index contributed by atoms with van der Waals surface area (Å²) in [4.78, 5) is 27.8. The second kappa shape index (κ2) is 11.7. The highest BCUT2D eigenvalue weighted by Gasteiger charge is 2.46. The molecule has 35 heavy (non-hydrogen) atoms. The molecule has 0 bridgehead atoms. The summed E-state index contributed by atoms with van der Waals surface area (Å²) in [7, 11) is 2.77. The number of halogens is 2. The number of hydrogen-bond acceptors (Lipinski definition) is 6. The summed E-state index contributed by atoms with van der Waals surface area (Å²) in [5.41, 5.74) is 0.648. The molecule has 1 fully saturated rings. The molecule has 1 amide bonds. The van der Waals surface area contributed by atoms with Crippen molar-refractivity contribution in [3.63, 3.8) is 0 Å². The first kappa shape index (κ1) is 26.7. The first-order valence-electron chi connectivity index (χ1n) is 11.4. The van der Waals surface area contributed by atoms with E-state index >= 15 is 0 Å². The highest BCUT2D eigenvalue weighted by Crippen LogP contribution is 2.47. The first-order valence-corrected chi connectivity index (χ1v) is 12.2. The van der Waals surface area contributed by atoms with Crippen LogP contribution in [-0.2, 0) is 9.59 Å². The van der Waals surface area contributed by atoms with Gasteiger partial charge in [-0.1, -0.05) is 55.6 Å². The number of ether oxygens (including phenoxy) is 3. The van der Waals surface area contributed by atoms with Gasteiger partial charge in [0.05, 0.1) is 43.0 Å². The highest BCUT2D eigenvalue weighted by molar-refractivity contribution is 6.47. The first-order chi connectivity index (χ1) is 16.8. The molecular weight excluding hydrogens is 493 g/mol. The van der Waals surface area contributed by atoms with Gasteiger partial charge in [-0.2, -0.15) is 0 Å². The fourth-order valence-corrected chi connectivity index (χ4v) is 4.76. The average Bonchev–Trinajstić information content (AvgIpc) is 3.10.